The highest BCUT2D eigenvalue weighted by atomic mass is 16.4. The van der Waals surface area contributed by atoms with Crippen molar-refractivity contribution >= 4 is 12.0 Å². The maximum Gasteiger partial charge on any atom is 0.326 e. The quantitative estimate of drug-likeness (QED) is 0.769. The third-order valence-electron chi connectivity index (χ3n) is 4.32. The normalized spacial score (nSPS) is 18.6. The average molecular weight is 285 g/mol. The van der Waals surface area contributed by atoms with Crippen LogP contribution < -0.4 is 5.32 Å². The summed E-state index contributed by atoms with van der Waals surface area (Å²) < 4.78 is 0. The maximum atomic E-state index is 12.1. The number of carbonyl (C=O) groups excluding carboxylic acids is 1. The first-order chi connectivity index (χ1) is 9.19. The second-order valence-corrected chi connectivity index (χ2v) is 6.34. The molecular weight excluding hydrogens is 258 g/mol. The molecule has 0 aromatic heterocycles. The van der Waals surface area contributed by atoms with E-state index >= 15 is 0 Å². The molecule has 6 nitrogen and oxygen atoms in total. The molecule has 0 aromatic carbocycles. The zero-order valence-electron chi connectivity index (χ0n) is 13.1. The van der Waals surface area contributed by atoms with E-state index in [0.717, 1.165) is 12.8 Å². The molecule has 0 saturated heterocycles. The van der Waals surface area contributed by atoms with Gasteiger partial charge in [-0.25, -0.2) is 9.59 Å². The minimum atomic E-state index is -0.993. The van der Waals surface area contributed by atoms with Crippen molar-refractivity contribution in [2.45, 2.75) is 44.7 Å². The van der Waals surface area contributed by atoms with Crippen LogP contribution in [-0.2, 0) is 4.79 Å². The molecule has 116 valence electrons. The van der Waals surface area contributed by atoms with Crippen LogP contribution in [0.4, 0.5) is 4.79 Å². The van der Waals surface area contributed by atoms with Crippen LogP contribution in [0.15, 0.2) is 0 Å². The molecule has 2 amide bonds. The number of carboxylic acid groups (broad SMARTS) is 1. The molecule has 1 rings (SSSR count). The van der Waals surface area contributed by atoms with Crippen molar-refractivity contribution < 1.29 is 14.7 Å². The molecule has 0 spiro atoms. The van der Waals surface area contributed by atoms with Crippen LogP contribution in [-0.4, -0.2) is 66.2 Å². The number of urea groups is 1. The third kappa shape index (κ3) is 3.62. The van der Waals surface area contributed by atoms with Gasteiger partial charge in [0.25, 0.3) is 0 Å². The number of carboxylic acids is 1. The van der Waals surface area contributed by atoms with Gasteiger partial charge >= 0.3 is 12.0 Å². The minimum Gasteiger partial charge on any atom is -0.480 e. The summed E-state index contributed by atoms with van der Waals surface area (Å²) in [5, 5.41) is 11.7. The molecule has 6 heteroatoms. The SMILES string of the molecule is CC(C)[C@H](NC(=O)N(C)CC1(N(C)C)CCC1)C(=O)O. The first-order valence-electron chi connectivity index (χ1n) is 7.11. The van der Waals surface area contributed by atoms with E-state index in [4.69, 9.17) is 5.11 Å². The third-order valence-corrected chi connectivity index (χ3v) is 4.32. The lowest BCUT2D eigenvalue weighted by Crippen LogP contribution is -2.59. The van der Waals surface area contributed by atoms with Gasteiger partial charge in [0, 0.05) is 19.1 Å². The van der Waals surface area contributed by atoms with E-state index in [-0.39, 0.29) is 17.5 Å². The first-order valence-corrected chi connectivity index (χ1v) is 7.11. The number of likely N-dealkylation sites (N-methyl/N-ethyl adjacent to an activating group) is 2. The molecular formula is C14H27N3O3. The van der Waals surface area contributed by atoms with Crippen LogP contribution in [0, 0.1) is 5.92 Å². The summed E-state index contributed by atoms with van der Waals surface area (Å²) in [7, 11) is 5.77. The van der Waals surface area contributed by atoms with Crippen LogP contribution in [0.1, 0.15) is 33.1 Å². The van der Waals surface area contributed by atoms with Crippen molar-refractivity contribution in [2.24, 2.45) is 5.92 Å². The smallest absolute Gasteiger partial charge is 0.326 e. The Morgan fingerprint density at radius 1 is 1.25 bits per heavy atom. The summed E-state index contributed by atoms with van der Waals surface area (Å²) in [6.45, 7) is 4.19. The Labute approximate surface area is 121 Å². The second kappa shape index (κ2) is 6.43. The van der Waals surface area contributed by atoms with Gasteiger partial charge in [0.05, 0.1) is 0 Å². The number of rotatable bonds is 6. The molecule has 1 aliphatic rings. The van der Waals surface area contributed by atoms with Gasteiger partial charge in [0.1, 0.15) is 6.04 Å². The highest BCUT2D eigenvalue weighted by molar-refractivity contribution is 5.82. The van der Waals surface area contributed by atoms with E-state index in [1.807, 2.05) is 14.1 Å². The standard InChI is InChI=1S/C14H27N3O3/c1-10(2)11(12(18)19)15-13(20)17(5)9-14(16(3)4)7-6-8-14/h10-11H,6-9H2,1-5H3,(H,15,20)(H,18,19)/t11-/m0/s1. The van der Waals surface area contributed by atoms with Crippen molar-refractivity contribution in [3.8, 4) is 0 Å². The molecule has 0 heterocycles. The zero-order chi connectivity index (χ0) is 15.5. The number of carbonyl (C=O) groups is 2. The highest BCUT2D eigenvalue weighted by Crippen LogP contribution is 2.36. The number of hydrogen-bond acceptors (Lipinski definition) is 3. The average Bonchev–Trinajstić information content (AvgIpc) is 2.28. The lowest BCUT2D eigenvalue weighted by molar-refractivity contribution is -0.140. The Kier molecular flexibility index (Phi) is 5.39. The van der Waals surface area contributed by atoms with Crippen LogP contribution in [0.25, 0.3) is 0 Å². The number of nitrogens with one attached hydrogen (secondary N) is 1. The fraction of sp³-hybridized carbons (Fsp3) is 0.857. The van der Waals surface area contributed by atoms with Crippen molar-refractivity contribution in [3.63, 3.8) is 0 Å². The molecule has 0 unspecified atom stereocenters. The van der Waals surface area contributed by atoms with Gasteiger partial charge in [0.15, 0.2) is 0 Å². The predicted molar refractivity (Wildman–Crippen MR) is 77.7 cm³/mol. The van der Waals surface area contributed by atoms with E-state index < -0.39 is 12.0 Å². The fourth-order valence-electron chi connectivity index (χ4n) is 2.60. The summed E-state index contributed by atoms with van der Waals surface area (Å²) in [5.74, 6) is -1.14. The summed E-state index contributed by atoms with van der Waals surface area (Å²) in [4.78, 5) is 27.0. The fourth-order valence-corrected chi connectivity index (χ4v) is 2.60. The lowest BCUT2D eigenvalue weighted by Gasteiger charge is -2.49. The first kappa shape index (κ1) is 16.8. The second-order valence-electron chi connectivity index (χ2n) is 6.34. The van der Waals surface area contributed by atoms with Crippen molar-refractivity contribution in [1.82, 2.24) is 15.1 Å². The highest BCUT2D eigenvalue weighted by Gasteiger charge is 2.41. The monoisotopic (exact) mass is 285 g/mol. The van der Waals surface area contributed by atoms with Crippen LogP contribution >= 0.6 is 0 Å². The van der Waals surface area contributed by atoms with Gasteiger partial charge in [0.2, 0.25) is 0 Å². The number of hydrogen-bond donors (Lipinski definition) is 2. The number of aliphatic carboxylic acids is 1. The molecule has 20 heavy (non-hydrogen) atoms. The van der Waals surface area contributed by atoms with Crippen LogP contribution in [0.3, 0.4) is 0 Å². The molecule has 1 aliphatic carbocycles. The molecule has 0 radical (unpaired) electrons. The van der Waals surface area contributed by atoms with E-state index in [9.17, 15) is 9.59 Å². The largest absolute Gasteiger partial charge is 0.480 e. The van der Waals surface area contributed by atoms with Gasteiger partial charge in [-0.15, -0.1) is 0 Å². The maximum absolute atomic E-state index is 12.1. The molecule has 1 fully saturated rings. The Bertz CT molecular complexity index is 365. The Morgan fingerprint density at radius 2 is 1.80 bits per heavy atom. The van der Waals surface area contributed by atoms with E-state index in [0.29, 0.717) is 6.54 Å². The lowest BCUT2D eigenvalue weighted by atomic mass is 9.75. The summed E-state index contributed by atoms with van der Waals surface area (Å²) in [5.41, 5.74) is 0.0443. The Morgan fingerprint density at radius 3 is 2.10 bits per heavy atom. The molecule has 1 atom stereocenters. The predicted octanol–water partition coefficient (Wildman–Crippen LogP) is 1.22. The molecule has 0 aliphatic heterocycles. The van der Waals surface area contributed by atoms with Gasteiger partial charge in [-0.2, -0.15) is 0 Å². The van der Waals surface area contributed by atoms with Crippen molar-refractivity contribution in [2.75, 3.05) is 27.7 Å². The topological polar surface area (TPSA) is 72.9 Å². The number of nitrogens with zero attached hydrogens (tertiary/aromatic N) is 2. The van der Waals surface area contributed by atoms with Gasteiger partial charge < -0.3 is 20.2 Å². The van der Waals surface area contributed by atoms with Gasteiger partial charge in [-0.3, -0.25) is 0 Å². The molecule has 0 aromatic rings. The summed E-state index contributed by atoms with van der Waals surface area (Å²) in [6.07, 6.45) is 3.33. The molecule has 2 N–H and O–H groups in total. The van der Waals surface area contributed by atoms with Gasteiger partial charge in [-0.05, 0) is 39.3 Å². The van der Waals surface area contributed by atoms with Crippen molar-refractivity contribution in [1.29, 1.82) is 0 Å². The Hall–Kier alpha value is -1.30. The summed E-state index contributed by atoms with van der Waals surface area (Å²) in [6, 6.07) is -1.17. The summed E-state index contributed by atoms with van der Waals surface area (Å²) >= 11 is 0. The van der Waals surface area contributed by atoms with Crippen molar-refractivity contribution in [3.05, 3.63) is 0 Å². The number of amides is 2. The molecule has 0 bridgehead atoms. The molecule has 1 saturated carbocycles. The van der Waals surface area contributed by atoms with E-state index in [1.165, 1.54) is 6.42 Å². The van der Waals surface area contributed by atoms with Gasteiger partial charge in [-0.1, -0.05) is 13.8 Å². The zero-order valence-corrected chi connectivity index (χ0v) is 13.1. The Balaban J connectivity index is 2.61. The van der Waals surface area contributed by atoms with E-state index in [1.54, 1.807) is 25.8 Å². The minimum absolute atomic E-state index is 0.0443. The van der Waals surface area contributed by atoms with E-state index in [2.05, 4.69) is 10.2 Å². The van der Waals surface area contributed by atoms with Crippen LogP contribution in [0.2, 0.25) is 0 Å². The van der Waals surface area contributed by atoms with Crippen LogP contribution in [0.5, 0.6) is 0 Å².